The van der Waals surface area contributed by atoms with Gasteiger partial charge in [0.05, 0.1) is 11.4 Å². The third kappa shape index (κ3) is 4.36. The Morgan fingerprint density at radius 2 is 1.87 bits per heavy atom. The van der Waals surface area contributed by atoms with Crippen LogP contribution in [-0.2, 0) is 13.2 Å². The summed E-state index contributed by atoms with van der Waals surface area (Å²) in [5, 5.41) is 10.4. The SMILES string of the molecule is Cc1ccccc1-c1noc(CN2CCN(Cn3nc(-c4cccs4)oc3=O)CC2)n1. The maximum absolute atomic E-state index is 12.1. The minimum absolute atomic E-state index is 0.375. The number of benzene rings is 1. The molecule has 10 heteroatoms. The third-order valence-corrected chi connectivity index (χ3v) is 6.21. The Morgan fingerprint density at radius 3 is 2.65 bits per heavy atom. The maximum atomic E-state index is 12.1. The highest BCUT2D eigenvalue weighted by Crippen LogP contribution is 2.22. The number of rotatable bonds is 6. The van der Waals surface area contributed by atoms with E-state index in [1.807, 2.05) is 48.7 Å². The molecule has 3 aromatic heterocycles. The lowest BCUT2D eigenvalue weighted by Crippen LogP contribution is -2.47. The van der Waals surface area contributed by atoms with Crippen molar-refractivity contribution in [1.82, 2.24) is 29.7 Å². The molecule has 0 N–H and O–H groups in total. The highest BCUT2D eigenvalue weighted by atomic mass is 32.1. The molecule has 0 bridgehead atoms. The van der Waals surface area contributed by atoms with Gasteiger partial charge < -0.3 is 8.94 Å². The zero-order chi connectivity index (χ0) is 21.2. The average Bonchev–Trinajstić information content (AvgIpc) is 3.52. The Morgan fingerprint density at radius 1 is 1.06 bits per heavy atom. The van der Waals surface area contributed by atoms with Gasteiger partial charge in [-0.3, -0.25) is 9.80 Å². The van der Waals surface area contributed by atoms with Crippen LogP contribution < -0.4 is 5.76 Å². The number of nitrogens with zero attached hydrogens (tertiary/aromatic N) is 6. The van der Waals surface area contributed by atoms with Gasteiger partial charge in [0, 0.05) is 31.7 Å². The van der Waals surface area contributed by atoms with Crippen LogP contribution in [0.5, 0.6) is 0 Å². The molecule has 31 heavy (non-hydrogen) atoms. The van der Waals surface area contributed by atoms with E-state index in [4.69, 9.17) is 8.94 Å². The summed E-state index contributed by atoms with van der Waals surface area (Å²) in [6.45, 7) is 6.37. The van der Waals surface area contributed by atoms with Gasteiger partial charge in [0.15, 0.2) is 0 Å². The minimum atomic E-state index is -0.430. The van der Waals surface area contributed by atoms with E-state index >= 15 is 0 Å². The maximum Gasteiger partial charge on any atom is 0.438 e. The summed E-state index contributed by atoms with van der Waals surface area (Å²) < 4.78 is 12.1. The second-order valence-corrected chi connectivity index (χ2v) is 8.46. The predicted molar refractivity (Wildman–Crippen MR) is 115 cm³/mol. The molecule has 0 amide bonds. The van der Waals surface area contributed by atoms with Gasteiger partial charge in [-0.1, -0.05) is 35.5 Å². The molecule has 1 aliphatic rings. The topological polar surface area (TPSA) is 93.4 Å². The Balaban J connectivity index is 1.16. The molecule has 0 unspecified atom stereocenters. The van der Waals surface area contributed by atoms with Crippen molar-refractivity contribution in [3.63, 3.8) is 0 Å². The summed E-state index contributed by atoms with van der Waals surface area (Å²) in [6.07, 6.45) is 0. The normalized spacial score (nSPS) is 15.5. The van der Waals surface area contributed by atoms with Crippen LogP contribution >= 0.6 is 11.3 Å². The van der Waals surface area contributed by atoms with E-state index in [1.54, 1.807) is 0 Å². The predicted octanol–water partition coefficient (Wildman–Crippen LogP) is 2.70. The zero-order valence-electron chi connectivity index (χ0n) is 17.1. The van der Waals surface area contributed by atoms with Crippen molar-refractivity contribution in [3.05, 3.63) is 63.8 Å². The summed E-state index contributed by atoms with van der Waals surface area (Å²) in [4.78, 5) is 22.0. The Labute approximate surface area is 182 Å². The number of aryl methyl sites for hydroxylation is 1. The first-order valence-electron chi connectivity index (χ1n) is 10.1. The zero-order valence-corrected chi connectivity index (χ0v) is 17.9. The lowest BCUT2D eigenvalue weighted by Gasteiger charge is -2.33. The van der Waals surface area contributed by atoms with Crippen molar-refractivity contribution in [1.29, 1.82) is 0 Å². The van der Waals surface area contributed by atoms with Gasteiger partial charge in [0.25, 0.3) is 5.89 Å². The van der Waals surface area contributed by atoms with Gasteiger partial charge >= 0.3 is 5.76 Å². The molecule has 5 rings (SSSR count). The first-order chi connectivity index (χ1) is 15.2. The van der Waals surface area contributed by atoms with Crippen LogP contribution in [0.3, 0.4) is 0 Å². The Bertz CT molecular complexity index is 1200. The largest absolute Gasteiger partial charge is 0.438 e. The van der Waals surface area contributed by atoms with E-state index in [0.29, 0.717) is 30.8 Å². The minimum Gasteiger partial charge on any atom is -0.387 e. The van der Waals surface area contributed by atoms with Gasteiger partial charge in [-0.2, -0.15) is 9.67 Å². The van der Waals surface area contributed by atoms with Crippen molar-refractivity contribution in [2.75, 3.05) is 26.2 Å². The van der Waals surface area contributed by atoms with E-state index in [0.717, 1.165) is 42.2 Å². The monoisotopic (exact) mass is 438 g/mol. The summed E-state index contributed by atoms with van der Waals surface area (Å²) >= 11 is 1.50. The number of hydrogen-bond acceptors (Lipinski definition) is 9. The standard InChI is InChI=1S/C21H22N6O3S/c1-15-5-2-3-6-16(15)19-22-18(30-24-19)13-25-8-10-26(11-9-25)14-27-21(28)29-20(23-27)17-7-4-12-31-17/h2-7,12H,8-11,13-14H2,1H3. The second-order valence-electron chi connectivity index (χ2n) is 7.51. The lowest BCUT2D eigenvalue weighted by molar-refractivity contribution is 0.0893. The summed E-state index contributed by atoms with van der Waals surface area (Å²) in [5.74, 6) is 1.18. The molecule has 0 atom stereocenters. The molecular formula is C21H22N6O3S. The smallest absolute Gasteiger partial charge is 0.387 e. The quantitative estimate of drug-likeness (QED) is 0.454. The highest BCUT2D eigenvalue weighted by molar-refractivity contribution is 7.13. The van der Waals surface area contributed by atoms with Crippen molar-refractivity contribution < 1.29 is 8.94 Å². The molecule has 4 heterocycles. The van der Waals surface area contributed by atoms with Crippen molar-refractivity contribution in [2.45, 2.75) is 20.1 Å². The average molecular weight is 439 g/mol. The van der Waals surface area contributed by atoms with Crippen LogP contribution in [0.2, 0.25) is 0 Å². The van der Waals surface area contributed by atoms with Crippen LogP contribution in [0.15, 0.2) is 55.5 Å². The van der Waals surface area contributed by atoms with Crippen LogP contribution in [0.25, 0.3) is 22.2 Å². The molecule has 0 radical (unpaired) electrons. The molecule has 0 aliphatic carbocycles. The molecular weight excluding hydrogens is 416 g/mol. The van der Waals surface area contributed by atoms with E-state index < -0.39 is 5.76 Å². The Hall–Kier alpha value is -3.08. The summed E-state index contributed by atoms with van der Waals surface area (Å²) in [6, 6.07) is 11.8. The van der Waals surface area contributed by atoms with Crippen LogP contribution in [0.4, 0.5) is 0 Å². The number of piperazine rings is 1. The van der Waals surface area contributed by atoms with E-state index in [1.165, 1.54) is 16.0 Å². The fourth-order valence-corrected chi connectivity index (χ4v) is 4.26. The van der Waals surface area contributed by atoms with Gasteiger partial charge in [0.2, 0.25) is 11.7 Å². The fourth-order valence-electron chi connectivity index (χ4n) is 3.62. The first-order valence-corrected chi connectivity index (χ1v) is 11.0. The van der Waals surface area contributed by atoms with Crippen LogP contribution in [0.1, 0.15) is 11.5 Å². The van der Waals surface area contributed by atoms with Gasteiger partial charge in [-0.15, -0.1) is 16.4 Å². The van der Waals surface area contributed by atoms with Gasteiger partial charge in [-0.05, 0) is 23.9 Å². The van der Waals surface area contributed by atoms with Crippen molar-refractivity contribution >= 4 is 11.3 Å². The summed E-state index contributed by atoms with van der Waals surface area (Å²) in [7, 11) is 0. The van der Waals surface area contributed by atoms with Gasteiger partial charge in [-0.25, -0.2) is 4.79 Å². The van der Waals surface area contributed by atoms with Crippen molar-refractivity contribution in [3.8, 4) is 22.2 Å². The van der Waals surface area contributed by atoms with Crippen LogP contribution in [-0.4, -0.2) is 55.9 Å². The fraction of sp³-hybridized carbons (Fsp3) is 0.333. The first kappa shape index (κ1) is 19.9. The lowest BCUT2D eigenvalue weighted by atomic mass is 10.1. The number of hydrogen-bond donors (Lipinski definition) is 0. The molecule has 1 fully saturated rings. The molecule has 9 nitrogen and oxygen atoms in total. The summed E-state index contributed by atoms with van der Waals surface area (Å²) in [5.41, 5.74) is 2.11. The van der Waals surface area contributed by atoms with E-state index in [-0.39, 0.29) is 0 Å². The molecule has 1 saturated heterocycles. The Kier molecular flexibility index (Phi) is 5.49. The van der Waals surface area contributed by atoms with Gasteiger partial charge in [0.1, 0.15) is 6.67 Å². The number of aromatic nitrogens is 4. The van der Waals surface area contributed by atoms with E-state index in [2.05, 4.69) is 25.0 Å². The molecule has 160 valence electrons. The number of thiophene rings is 1. The van der Waals surface area contributed by atoms with E-state index in [9.17, 15) is 4.79 Å². The van der Waals surface area contributed by atoms with Crippen molar-refractivity contribution in [2.24, 2.45) is 0 Å². The molecule has 0 saturated carbocycles. The molecule has 1 aliphatic heterocycles. The third-order valence-electron chi connectivity index (χ3n) is 5.35. The molecule has 1 aromatic carbocycles. The second kappa shape index (κ2) is 8.58. The molecule has 0 spiro atoms. The van der Waals surface area contributed by atoms with Crippen LogP contribution in [0, 0.1) is 6.92 Å². The highest BCUT2D eigenvalue weighted by Gasteiger charge is 2.21. The molecule has 4 aromatic rings.